The third kappa shape index (κ3) is 6.11. The topological polar surface area (TPSA) is 108 Å². The van der Waals surface area contributed by atoms with Crippen molar-refractivity contribution in [2.75, 3.05) is 71.8 Å². The molecule has 42 heavy (non-hydrogen) atoms. The zero-order chi connectivity index (χ0) is 28.9. The summed E-state index contributed by atoms with van der Waals surface area (Å²) in [5, 5.41) is 4.42. The average Bonchev–Trinajstić information content (AvgIpc) is 3.67. The van der Waals surface area contributed by atoms with E-state index in [1.54, 1.807) is 18.1 Å². The van der Waals surface area contributed by atoms with E-state index in [2.05, 4.69) is 32.0 Å². The lowest BCUT2D eigenvalue weighted by atomic mass is 10.1. The highest BCUT2D eigenvalue weighted by atomic mass is 35.5. The number of carbonyl (C=O) groups excluding carboxylic acids is 1. The summed E-state index contributed by atoms with van der Waals surface area (Å²) < 4.78 is 28.7. The summed E-state index contributed by atoms with van der Waals surface area (Å²) in [6, 6.07) is 5.42. The molecule has 0 saturated carbocycles. The standard InChI is InChI=1S/C30H32ClN5O6/c1-38-24-16-21-23(17-25(24)40-12-4-7-35-10-13-39-14-11-35)32-18-33-30(21)34-27-22(31)15-20(28-29(27)42-19-41-28)5-2-8-36-9-3-6-26(36)37/h15-18H,3-4,6-14,19H2,1H3,(H,32,33,34). The van der Waals surface area contributed by atoms with Crippen molar-refractivity contribution in [3.05, 3.63) is 35.1 Å². The van der Waals surface area contributed by atoms with Crippen LogP contribution in [-0.2, 0) is 9.53 Å². The Morgan fingerprint density at radius 3 is 2.76 bits per heavy atom. The Hall–Kier alpha value is -3.98. The molecule has 1 aromatic heterocycles. The van der Waals surface area contributed by atoms with Crippen molar-refractivity contribution in [3.8, 4) is 34.8 Å². The fraction of sp³-hybridized carbons (Fsp3) is 0.433. The fourth-order valence-electron chi connectivity index (χ4n) is 5.20. The van der Waals surface area contributed by atoms with E-state index < -0.39 is 0 Å². The van der Waals surface area contributed by atoms with E-state index in [0.29, 0.717) is 70.2 Å². The van der Waals surface area contributed by atoms with Gasteiger partial charge in [-0.05, 0) is 25.0 Å². The minimum absolute atomic E-state index is 0.0359. The van der Waals surface area contributed by atoms with Crippen molar-refractivity contribution in [2.24, 2.45) is 0 Å². The van der Waals surface area contributed by atoms with Crippen LogP contribution in [0, 0.1) is 11.8 Å². The number of hydrogen-bond acceptors (Lipinski definition) is 10. The molecule has 0 spiro atoms. The van der Waals surface area contributed by atoms with Gasteiger partial charge in [0, 0.05) is 44.1 Å². The lowest BCUT2D eigenvalue weighted by Crippen LogP contribution is -2.37. The van der Waals surface area contributed by atoms with E-state index >= 15 is 0 Å². The van der Waals surface area contributed by atoms with Gasteiger partial charge in [0.1, 0.15) is 17.8 Å². The highest BCUT2D eigenvalue weighted by Gasteiger charge is 2.26. The monoisotopic (exact) mass is 593 g/mol. The second kappa shape index (κ2) is 12.9. The molecule has 3 aromatic rings. The molecule has 0 radical (unpaired) electrons. The highest BCUT2D eigenvalue weighted by Crippen LogP contribution is 2.47. The number of ether oxygens (including phenoxy) is 5. The predicted octanol–water partition coefficient (Wildman–Crippen LogP) is 3.84. The number of hydrogen-bond donors (Lipinski definition) is 1. The van der Waals surface area contributed by atoms with Crippen LogP contribution in [0.2, 0.25) is 5.02 Å². The number of amides is 1. The molecule has 1 N–H and O–H groups in total. The lowest BCUT2D eigenvalue weighted by Gasteiger charge is -2.26. The van der Waals surface area contributed by atoms with E-state index in [0.717, 1.165) is 57.6 Å². The second-order valence-corrected chi connectivity index (χ2v) is 10.5. The first-order chi connectivity index (χ1) is 20.6. The van der Waals surface area contributed by atoms with Crippen molar-refractivity contribution in [2.45, 2.75) is 19.3 Å². The molecule has 3 aliphatic rings. The predicted molar refractivity (Wildman–Crippen MR) is 157 cm³/mol. The zero-order valence-corrected chi connectivity index (χ0v) is 24.2. The Morgan fingerprint density at radius 2 is 1.95 bits per heavy atom. The third-order valence-electron chi connectivity index (χ3n) is 7.40. The molecule has 0 bridgehead atoms. The van der Waals surface area contributed by atoms with Crippen LogP contribution in [0.25, 0.3) is 10.9 Å². The first kappa shape index (κ1) is 28.2. The van der Waals surface area contributed by atoms with Crippen molar-refractivity contribution < 1.29 is 28.5 Å². The number of anilines is 2. The molecule has 11 nitrogen and oxygen atoms in total. The minimum atomic E-state index is 0.0359. The first-order valence-electron chi connectivity index (χ1n) is 14.0. The average molecular weight is 594 g/mol. The minimum Gasteiger partial charge on any atom is -0.493 e. The number of morpholine rings is 1. The molecule has 1 amide bonds. The first-order valence-corrected chi connectivity index (χ1v) is 14.4. The van der Waals surface area contributed by atoms with Gasteiger partial charge in [0.25, 0.3) is 0 Å². The largest absolute Gasteiger partial charge is 0.493 e. The molecule has 0 atom stereocenters. The normalized spacial score (nSPS) is 16.4. The van der Waals surface area contributed by atoms with Crippen LogP contribution in [0.1, 0.15) is 24.8 Å². The third-order valence-corrected chi connectivity index (χ3v) is 7.70. The van der Waals surface area contributed by atoms with Gasteiger partial charge in [-0.15, -0.1) is 0 Å². The number of methoxy groups -OCH3 is 1. The number of rotatable bonds is 9. The quantitative estimate of drug-likeness (QED) is 0.290. The lowest BCUT2D eigenvalue weighted by molar-refractivity contribution is -0.127. The summed E-state index contributed by atoms with van der Waals surface area (Å²) in [6.07, 6.45) is 3.81. The number of halogens is 1. The molecule has 12 heteroatoms. The Balaban J connectivity index is 1.20. The van der Waals surface area contributed by atoms with Crippen LogP contribution < -0.4 is 24.3 Å². The van der Waals surface area contributed by atoms with Crippen LogP contribution in [0.3, 0.4) is 0 Å². The van der Waals surface area contributed by atoms with E-state index in [1.165, 1.54) is 6.33 Å². The summed E-state index contributed by atoms with van der Waals surface area (Å²) in [5.41, 5.74) is 1.78. The van der Waals surface area contributed by atoms with Crippen LogP contribution in [0.15, 0.2) is 24.5 Å². The van der Waals surface area contributed by atoms with Crippen molar-refractivity contribution in [3.63, 3.8) is 0 Å². The van der Waals surface area contributed by atoms with Crippen LogP contribution in [-0.4, -0.2) is 92.1 Å². The summed E-state index contributed by atoms with van der Waals surface area (Å²) in [4.78, 5) is 24.9. The van der Waals surface area contributed by atoms with Gasteiger partial charge in [-0.3, -0.25) is 9.69 Å². The summed E-state index contributed by atoms with van der Waals surface area (Å²) in [5.74, 6) is 8.93. The number of nitrogens with one attached hydrogen (secondary N) is 1. The van der Waals surface area contributed by atoms with Crippen LogP contribution in [0.4, 0.5) is 11.5 Å². The smallest absolute Gasteiger partial charge is 0.231 e. The van der Waals surface area contributed by atoms with E-state index in [4.69, 9.17) is 35.3 Å². The van der Waals surface area contributed by atoms with Gasteiger partial charge in [-0.1, -0.05) is 23.4 Å². The SMILES string of the molecule is COc1cc2c(Nc3c(Cl)cc(C#CCN4CCCC4=O)c4c3OCO4)ncnc2cc1OCCCN1CCOCC1. The van der Waals surface area contributed by atoms with Gasteiger partial charge >= 0.3 is 0 Å². The van der Waals surface area contributed by atoms with Gasteiger partial charge in [-0.25, -0.2) is 9.97 Å². The molecule has 4 heterocycles. The number of aromatic nitrogens is 2. The number of benzene rings is 2. The Kier molecular flexibility index (Phi) is 8.65. The maximum absolute atomic E-state index is 11.9. The number of fused-ring (bicyclic) bond motifs is 2. The molecule has 2 fully saturated rings. The van der Waals surface area contributed by atoms with Gasteiger partial charge in [-0.2, -0.15) is 0 Å². The summed E-state index contributed by atoms with van der Waals surface area (Å²) >= 11 is 6.73. The molecular formula is C30H32ClN5O6. The van der Waals surface area contributed by atoms with Gasteiger partial charge < -0.3 is 33.9 Å². The molecule has 6 rings (SSSR count). The molecule has 0 unspecified atom stereocenters. The van der Waals surface area contributed by atoms with Gasteiger partial charge in [0.05, 0.1) is 49.6 Å². The van der Waals surface area contributed by atoms with Gasteiger partial charge in [0.15, 0.2) is 23.0 Å². The van der Waals surface area contributed by atoms with Crippen molar-refractivity contribution >= 4 is 39.9 Å². The zero-order valence-electron chi connectivity index (χ0n) is 23.4. The van der Waals surface area contributed by atoms with E-state index in [-0.39, 0.29) is 12.7 Å². The number of nitrogens with zero attached hydrogens (tertiary/aromatic N) is 4. The Labute approximate surface area is 249 Å². The molecule has 220 valence electrons. The number of likely N-dealkylation sites (tertiary alicyclic amines) is 1. The molecule has 2 saturated heterocycles. The number of carbonyl (C=O) groups is 1. The highest BCUT2D eigenvalue weighted by molar-refractivity contribution is 6.34. The molecule has 0 aliphatic carbocycles. The van der Waals surface area contributed by atoms with Crippen LogP contribution >= 0.6 is 11.6 Å². The maximum atomic E-state index is 11.9. The van der Waals surface area contributed by atoms with Crippen molar-refractivity contribution in [1.82, 2.24) is 19.8 Å². The van der Waals surface area contributed by atoms with Crippen molar-refractivity contribution in [1.29, 1.82) is 0 Å². The summed E-state index contributed by atoms with van der Waals surface area (Å²) in [6.45, 7) is 6.10. The van der Waals surface area contributed by atoms with E-state index in [1.807, 2.05) is 12.1 Å². The van der Waals surface area contributed by atoms with Crippen LogP contribution in [0.5, 0.6) is 23.0 Å². The second-order valence-electron chi connectivity index (χ2n) is 10.1. The fourth-order valence-corrected chi connectivity index (χ4v) is 5.44. The molecule has 3 aliphatic heterocycles. The Bertz CT molecular complexity index is 1530. The maximum Gasteiger partial charge on any atom is 0.231 e. The molecular weight excluding hydrogens is 562 g/mol. The Morgan fingerprint density at radius 1 is 1.10 bits per heavy atom. The van der Waals surface area contributed by atoms with Gasteiger partial charge in [0.2, 0.25) is 12.7 Å². The summed E-state index contributed by atoms with van der Waals surface area (Å²) in [7, 11) is 1.60. The molecule has 2 aromatic carbocycles. The van der Waals surface area contributed by atoms with E-state index in [9.17, 15) is 4.79 Å².